The minimum Gasteiger partial charge on any atom is -0.383 e. The summed E-state index contributed by atoms with van der Waals surface area (Å²) in [7, 11) is 1.68. The quantitative estimate of drug-likeness (QED) is 0.486. The minimum atomic E-state index is 0.0923. The lowest BCUT2D eigenvalue weighted by atomic mass is 10.2. The molecule has 0 saturated carbocycles. The van der Waals surface area contributed by atoms with Gasteiger partial charge in [0.1, 0.15) is 0 Å². The van der Waals surface area contributed by atoms with Gasteiger partial charge in [-0.05, 0) is 18.6 Å². The number of para-hydroxylation sites is 1. The number of thioether (sulfide) groups is 2. The summed E-state index contributed by atoms with van der Waals surface area (Å²) >= 11 is 3.27. The lowest BCUT2D eigenvalue weighted by Crippen LogP contribution is -2.33. The van der Waals surface area contributed by atoms with Gasteiger partial charge in [0, 0.05) is 29.4 Å². The number of carbonyl (C=O) groups is 1. The van der Waals surface area contributed by atoms with Crippen molar-refractivity contribution >= 4 is 35.1 Å². The maximum atomic E-state index is 13.2. The second kappa shape index (κ2) is 10.3. The molecule has 1 aliphatic rings. The number of hydrogen-bond donors (Lipinski definition) is 0. The Morgan fingerprint density at radius 2 is 1.94 bits per heavy atom. The van der Waals surface area contributed by atoms with Crippen molar-refractivity contribution in [3.63, 3.8) is 0 Å². The number of aromatic nitrogens is 3. The fraction of sp³-hybridized carbons (Fsp3) is 0.348. The normalized spacial score (nSPS) is 16.1. The molecule has 0 fully saturated rings. The van der Waals surface area contributed by atoms with Crippen LogP contribution in [0, 0.1) is 0 Å². The molecule has 6 nitrogen and oxygen atoms in total. The lowest BCUT2D eigenvalue weighted by Gasteiger charge is -2.22. The van der Waals surface area contributed by atoms with E-state index in [1.54, 1.807) is 7.11 Å². The van der Waals surface area contributed by atoms with E-state index < -0.39 is 0 Å². The van der Waals surface area contributed by atoms with Crippen LogP contribution in [-0.4, -0.2) is 51.9 Å². The Morgan fingerprint density at radius 1 is 1.16 bits per heavy atom. The zero-order valence-electron chi connectivity index (χ0n) is 17.7. The first-order valence-electron chi connectivity index (χ1n) is 10.3. The first-order chi connectivity index (χ1) is 15.2. The summed E-state index contributed by atoms with van der Waals surface area (Å²) in [5, 5.41) is 10.00. The second-order valence-electron chi connectivity index (χ2n) is 7.34. The molecular weight excluding hydrogens is 428 g/mol. The third-order valence-corrected chi connectivity index (χ3v) is 7.33. The summed E-state index contributed by atoms with van der Waals surface area (Å²) in [6, 6.07) is 18.1. The van der Waals surface area contributed by atoms with Crippen molar-refractivity contribution in [2.75, 3.05) is 30.9 Å². The van der Waals surface area contributed by atoms with E-state index >= 15 is 0 Å². The van der Waals surface area contributed by atoms with Crippen LogP contribution in [0.25, 0.3) is 11.4 Å². The van der Waals surface area contributed by atoms with Crippen LogP contribution in [0.2, 0.25) is 0 Å². The van der Waals surface area contributed by atoms with Crippen molar-refractivity contribution in [1.29, 1.82) is 0 Å². The van der Waals surface area contributed by atoms with Gasteiger partial charge in [-0.25, -0.2) is 0 Å². The molecule has 1 aliphatic heterocycles. The van der Waals surface area contributed by atoms with Crippen LogP contribution in [0.4, 0.5) is 5.69 Å². The Bertz CT molecular complexity index is 1030. The molecule has 0 spiro atoms. The number of amides is 1. The van der Waals surface area contributed by atoms with Gasteiger partial charge in [-0.1, -0.05) is 61.2 Å². The van der Waals surface area contributed by atoms with Crippen molar-refractivity contribution in [3.8, 4) is 11.4 Å². The Labute approximate surface area is 191 Å². The van der Waals surface area contributed by atoms with Gasteiger partial charge < -0.3 is 9.64 Å². The van der Waals surface area contributed by atoms with Gasteiger partial charge >= 0.3 is 0 Å². The van der Waals surface area contributed by atoms with Crippen LogP contribution in [0.1, 0.15) is 13.3 Å². The van der Waals surface area contributed by atoms with Crippen LogP contribution in [0.15, 0.2) is 64.6 Å². The SMILES string of the molecule is COCCn1c(SCC(=O)N2CCC(C)Sc3ccccc32)nnc1-c1ccccc1. The average Bonchev–Trinajstić information content (AvgIpc) is 3.11. The fourth-order valence-corrected chi connectivity index (χ4v) is 5.48. The van der Waals surface area contributed by atoms with Gasteiger partial charge in [0.25, 0.3) is 0 Å². The van der Waals surface area contributed by atoms with Crippen LogP contribution in [-0.2, 0) is 16.1 Å². The van der Waals surface area contributed by atoms with Crippen LogP contribution in [0.5, 0.6) is 0 Å². The number of benzene rings is 2. The molecule has 1 atom stereocenters. The number of nitrogens with zero attached hydrogens (tertiary/aromatic N) is 4. The molecule has 0 radical (unpaired) electrons. The lowest BCUT2D eigenvalue weighted by molar-refractivity contribution is -0.116. The predicted molar refractivity (Wildman–Crippen MR) is 127 cm³/mol. The maximum Gasteiger partial charge on any atom is 0.237 e. The van der Waals surface area contributed by atoms with Gasteiger partial charge in [0.2, 0.25) is 5.91 Å². The Balaban J connectivity index is 1.53. The molecule has 31 heavy (non-hydrogen) atoms. The largest absolute Gasteiger partial charge is 0.383 e. The van der Waals surface area contributed by atoms with Crippen molar-refractivity contribution in [3.05, 3.63) is 54.6 Å². The Morgan fingerprint density at radius 3 is 2.74 bits per heavy atom. The molecule has 0 aliphatic carbocycles. The molecule has 8 heteroatoms. The standard InChI is InChI=1S/C23H26N4O2S2/c1-17-12-13-26(19-10-6-7-11-20(19)31-17)21(28)16-30-23-25-24-22(27(23)14-15-29-2)18-8-4-3-5-9-18/h3-11,17H,12-16H2,1-2H3. The van der Waals surface area contributed by atoms with Gasteiger partial charge in [-0.3, -0.25) is 9.36 Å². The third-order valence-electron chi connectivity index (χ3n) is 5.14. The number of anilines is 1. The molecule has 3 aromatic rings. The van der Waals surface area contributed by atoms with E-state index in [1.807, 2.05) is 69.8 Å². The molecule has 0 saturated heterocycles. The van der Waals surface area contributed by atoms with E-state index in [0.29, 0.717) is 24.2 Å². The zero-order valence-corrected chi connectivity index (χ0v) is 19.4. The van der Waals surface area contributed by atoms with E-state index in [9.17, 15) is 4.79 Å². The highest BCUT2D eigenvalue weighted by molar-refractivity contribution is 8.00. The summed E-state index contributed by atoms with van der Waals surface area (Å²) < 4.78 is 7.31. The molecule has 2 heterocycles. The highest BCUT2D eigenvalue weighted by Crippen LogP contribution is 2.37. The highest BCUT2D eigenvalue weighted by atomic mass is 32.2. The molecule has 0 N–H and O–H groups in total. The van der Waals surface area contributed by atoms with E-state index in [4.69, 9.17) is 4.74 Å². The van der Waals surface area contributed by atoms with E-state index in [2.05, 4.69) is 23.2 Å². The van der Waals surface area contributed by atoms with Crippen LogP contribution in [0.3, 0.4) is 0 Å². The summed E-state index contributed by atoms with van der Waals surface area (Å²) in [5.41, 5.74) is 2.00. The number of hydrogen-bond acceptors (Lipinski definition) is 6. The number of fused-ring (bicyclic) bond motifs is 1. The van der Waals surface area contributed by atoms with E-state index in [1.165, 1.54) is 16.7 Å². The number of rotatable bonds is 7. The van der Waals surface area contributed by atoms with Crippen molar-refractivity contribution in [1.82, 2.24) is 14.8 Å². The molecule has 1 amide bonds. The highest BCUT2D eigenvalue weighted by Gasteiger charge is 2.25. The average molecular weight is 455 g/mol. The van der Waals surface area contributed by atoms with Gasteiger partial charge in [0.15, 0.2) is 11.0 Å². The number of ether oxygens (including phenoxy) is 1. The second-order valence-corrected chi connectivity index (χ2v) is 9.76. The van der Waals surface area contributed by atoms with Crippen molar-refractivity contribution in [2.45, 2.75) is 35.2 Å². The van der Waals surface area contributed by atoms with Crippen molar-refractivity contribution in [2.24, 2.45) is 0 Å². The predicted octanol–water partition coefficient (Wildman–Crippen LogP) is 4.60. The molecular formula is C23H26N4O2S2. The maximum absolute atomic E-state index is 13.2. The smallest absolute Gasteiger partial charge is 0.237 e. The summed E-state index contributed by atoms with van der Waals surface area (Å²) in [6.45, 7) is 4.13. The van der Waals surface area contributed by atoms with Gasteiger partial charge in [-0.2, -0.15) is 0 Å². The topological polar surface area (TPSA) is 60.2 Å². The van der Waals surface area contributed by atoms with Crippen LogP contribution >= 0.6 is 23.5 Å². The van der Waals surface area contributed by atoms with Crippen molar-refractivity contribution < 1.29 is 9.53 Å². The fourth-order valence-electron chi connectivity index (χ4n) is 3.53. The molecule has 4 rings (SSSR count). The van der Waals surface area contributed by atoms with Gasteiger partial charge in [-0.15, -0.1) is 22.0 Å². The summed E-state index contributed by atoms with van der Waals surface area (Å²) in [6.07, 6.45) is 0.970. The van der Waals surface area contributed by atoms with E-state index in [0.717, 1.165) is 35.2 Å². The molecule has 162 valence electrons. The molecule has 1 aromatic heterocycles. The molecule has 0 bridgehead atoms. The zero-order chi connectivity index (χ0) is 21.6. The summed E-state index contributed by atoms with van der Waals surface area (Å²) in [5.74, 6) is 1.19. The van der Waals surface area contributed by atoms with Gasteiger partial charge in [0.05, 0.1) is 24.6 Å². The third kappa shape index (κ3) is 5.14. The number of methoxy groups -OCH3 is 1. The molecule has 1 unspecified atom stereocenters. The Kier molecular flexibility index (Phi) is 7.32. The first-order valence-corrected chi connectivity index (χ1v) is 12.2. The minimum absolute atomic E-state index is 0.0923. The van der Waals surface area contributed by atoms with E-state index in [-0.39, 0.29) is 5.91 Å². The monoisotopic (exact) mass is 454 g/mol. The Hall–Kier alpha value is -2.29. The summed E-state index contributed by atoms with van der Waals surface area (Å²) in [4.78, 5) is 16.3. The number of carbonyl (C=O) groups excluding carboxylic acids is 1. The first kappa shape index (κ1) is 21.9. The van der Waals surface area contributed by atoms with Crippen LogP contribution < -0.4 is 4.90 Å². The molecule has 2 aromatic carbocycles.